The standard InChI is InChI=1S/C19H19N3O2/c1-24-14-9-6-13(7-10-14)18-16-11-8-12-4-2-3-5-15(12)17(16)21-22(18)19(20)23/h2-7,9-10,18,21H,8,11H2,1H3,(H2,20,23). The van der Waals surface area contributed by atoms with E-state index < -0.39 is 6.03 Å². The van der Waals surface area contributed by atoms with Crippen molar-refractivity contribution in [2.24, 2.45) is 5.73 Å². The van der Waals surface area contributed by atoms with E-state index >= 15 is 0 Å². The summed E-state index contributed by atoms with van der Waals surface area (Å²) in [5.41, 5.74) is 14.5. The number of ether oxygens (including phenoxy) is 1. The van der Waals surface area contributed by atoms with Crippen LogP contribution in [0.4, 0.5) is 4.79 Å². The third-order valence-corrected chi connectivity index (χ3v) is 4.76. The first kappa shape index (κ1) is 14.6. The molecule has 1 unspecified atom stereocenters. The summed E-state index contributed by atoms with van der Waals surface area (Å²) in [6, 6.07) is 15.4. The molecular formula is C19H19N3O2. The molecule has 1 heterocycles. The van der Waals surface area contributed by atoms with Crippen LogP contribution in [0.15, 0.2) is 54.1 Å². The molecule has 24 heavy (non-hydrogen) atoms. The van der Waals surface area contributed by atoms with Crippen molar-refractivity contribution in [3.63, 3.8) is 0 Å². The Kier molecular flexibility index (Phi) is 3.41. The highest BCUT2D eigenvalue weighted by molar-refractivity contribution is 5.82. The highest BCUT2D eigenvalue weighted by Crippen LogP contribution is 2.44. The van der Waals surface area contributed by atoms with Gasteiger partial charge in [0.15, 0.2) is 0 Å². The normalized spacial score (nSPS) is 18.7. The number of nitrogens with one attached hydrogen (secondary N) is 1. The third-order valence-electron chi connectivity index (χ3n) is 4.76. The van der Waals surface area contributed by atoms with Crippen LogP contribution in [-0.2, 0) is 6.42 Å². The minimum absolute atomic E-state index is 0.184. The molecular weight excluding hydrogens is 302 g/mol. The number of hydrazine groups is 1. The van der Waals surface area contributed by atoms with Crippen molar-refractivity contribution < 1.29 is 9.53 Å². The topological polar surface area (TPSA) is 67.6 Å². The lowest BCUT2D eigenvalue weighted by Crippen LogP contribution is -2.43. The van der Waals surface area contributed by atoms with Crippen molar-refractivity contribution in [1.29, 1.82) is 0 Å². The van der Waals surface area contributed by atoms with Crippen LogP contribution in [0, 0.1) is 0 Å². The lowest BCUT2D eigenvalue weighted by molar-refractivity contribution is 0.184. The Bertz CT molecular complexity index is 827. The second-order valence-electron chi connectivity index (χ2n) is 6.05. The van der Waals surface area contributed by atoms with Crippen LogP contribution < -0.4 is 15.9 Å². The first-order valence-electron chi connectivity index (χ1n) is 7.99. The van der Waals surface area contributed by atoms with Crippen LogP contribution in [0.25, 0.3) is 5.70 Å². The first-order valence-corrected chi connectivity index (χ1v) is 7.99. The fourth-order valence-corrected chi connectivity index (χ4v) is 3.61. The predicted molar refractivity (Wildman–Crippen MR) is 92.0 cm³/mol. The Balaban J connectivity index is 1.81. The Labute approximate surface area is 140 Å². The highest BCUT2D eigenvalue weighted by Gasteiger charge is 2.38. The number of hydrogen-bond acceptors (Lipinski definition) is 3. The van der Waals surface area contributed by atoms with Crippen molar-refractivity contribution in [2.75, 3.05) is 7.11 Å². The van der Waals surface area contributed by atoms with Crippen molar-refractivity contribution in [3.8, 4) is 5.75 Å². The molecule has 0 radical (unpaired) electrons. The second kappa shape index (κ2) is 5.60. The third kappa shape index (κ3) is 2.21. The van der Waals surface area contributed by atoms with Crippen molar-refractivity contribution >= 4 is 11.7 Å². The molecule has 0 aromatic heterocycles. The molecule has 1 aliphatic carbocycles. The minimum atomic E-state index is -0.484. The van der Waals surface area contributed by atoms with Gasteiger partial charge >= 0.3 is 6.03 Å². The van der Waals surface area contributed by atoms with Gasteiger partial charge in [-0.3, -0.25) is 5.43 Å². The Morgan fingerprint density at radius 3 is 2.62 bits per heavy atom. The smallest absolute Gasteiger partial charge is 0.334 e. The molecule has 0 saturated heterocycles. The SMILES string of the molecule is COc1ccc(C2C3=C(NN2C(N)=O)c2ccccc2CC3)cc1. The van der Waals surface area contributed by atoms with Crippen molar-refractivity contribution in [1.82, 2.24) is 10.4 Å². The van der Waals surface area contributed by atoms with E-state index in [2.05, 4.69) is 17.6 Å². The fraction of sp³-hybridized carbons (Fsp3) is 0.211. The van der Waals surface area contributed by atoms with E-state index in [0.717, 1.165) is 35.4 Å². The molecule has 0 fully saturated rings. The average molecular weight is 321 g/mol. The van der Waals surface area contributed by atoms with Crippen LogP contribution in [0.3, 0.4) is 0 Å². The largest absolute Gasteiger partial charge is 0.497 e. The molecule has 2 amide bonds. The molecule has 2 aliphatic rings. The fourth-order valence-electron chi connectivity index (χ4n) is 3.61. The summed E-state index contributed by atoms with van der Waals surface area (Å²) in [4.78, 5) is 12.0. The van der Waals surface area contributed by atoms with Gasteiger partial charge in [-0.15, -0.1) is 0 Å². The van der Waals surface area contributed by atoms with Crippen LogP contribution in [-0.4, -0.2) is 18.1 Å². The number of fused-ring (bicyclic) bond motifs is 2. The number of nitrogens with zero attached hydrogens (tertiary/aromatic N) is 1. The van der Waals surface area contributed by atoms with Crippen LogP contribution in [0.5, 0.6) is 5.75 Å². The number of amides is 2. The number of carbonyl (C=O) groups is 1. The summed E-state index contributed by atoms with van der Waals surface area (Å²) in [7, 11) is 1.64. The van der Waals surface area contributed by atoms with Crippen molar-refractivity contribution in [3.05, 3.63) is 70.8 Å². The minimum Gasteiger partial charge on any atom is -0.497 e. The zero-order valence-corrected chi connectivity index (χ0v) is 13.5. The van der Waals surface area contributed by atoms with E-state index in [4.69, 9.17) is 10.5 Å². The molecule has 5 heteroatoms. The molecule has 3 N–H and O–H groups in total. The van der Waals surface area contributed by atoms with Gasteiger partial charge in [-0.2, -0.15) is 0 Å². The van der Waals surface area contributed by atoms with E-state index in [-0.39, 0.29) is 6.04 Å². The lowest BCUT2D eigenvalue weighted by atomic mass is 9.85. The molecule has 4 rings (SSSR count). The Morgan fingerprint density at radius 1 is 1.17 bits per heavy atom. The number of primary amides is 1. The highest BCUT2D eigenvalue weighted by atomic mass is 16.5. The summed E-state index contributed by atoms with van der Waals surface area (Å²) in [6.45, 7) is 0. The van der Waals surface area contributed by atoms with Gasteiger partial charge in [0.2, 0.25) is 0 Å². The molecule has 2 aromatic rings. The first-order chi connectivity index (χ1) is 11.7. The zero-order valence-electron chi connectivity index (χ0n) is 13.5. The van der Waals surface area contributed by atoms with E-state index in [1.807, 2.05) is 36.4 Å². The van der Waals surface area contributed by atoms with Gasteiger partial charge in [0.1, 0.15) is 11.8 Å². The Hall–Kier alpha value is -2.95. The van der Waals surface area contributed by atoms with Gasteiger partial charge < -0.3 is 10.5 Å². The van der Waals surface area contributed by atoms with Gasteiger partial charge in [-0.25, -0.2) is 9.80 Å². The van der Waals surface area contributed by atoms with Gasteiger partial charge in [-0.1, -0.05) is 36.4 Å². The maximum atomic E-state index is 12.0. The van der Waals surface area contributed by atoms with Crippen molar-refractivity contribution in [2.45, 2.75) is 18.9 Å². The Morgan fingerprint density at radius 2 is 1.92 bits per heavy atom. The number of carbonyl (C=O) groups excluding carboxylic acids is 1. The molecule has 5 nitrogen and oxygen atoms in total. The summed E-state index contributed by atoms with van der Waals surface area (Å²) in [5.74, 6) is 0.790. The monoisotopic (exact) mass is 321 g/mol. The van der Waals surface area contributed by atoms with Gasteiger partial charge in [0.05, 0.1) is 12.8 Å². The van der Waals surface area contributed by atoms with E-state index in [1.54, 1.807) is 7.11 Å². The molecule has 1 atom stereocenters. The lowest BCUT2D eigenvalue weighted by Gasteiger charge is -2.25. The average Bonchev–Trinajstić information content (AvgIpc) is 3.02. The maximum Gasteiger partial charge on any atom is 0.334 e. The summed E-state index contributed by atoms with van der Waals surface area (Å²) in [5, 5.41) is 1.52. The van der Waals surface area contributed by atoms with Gasteiger partial charge in [0, 0.05) is 5.56 Å². The number of hydrogen-bond donors (Lipinski definition) is 2. The molecule has 1 aliphatic heterocycles. The number of rotatable bonds is 2. The zero-order chi connectivity index (χ0) is 16.7. The van der Waals surface area contributed by atoms with Crippen LogP contribution in [0.2, 0.25) is 0 Å². The predicted octanol–water partition coefficient (Wildman–Crippen LogP) is 2.99. The molecule has 122 valence electrons. The summed E-state index contributed by atoms with van der Waals surface area (Å²) < 4.78 is 5.23. The van der Waals surface area contributed by atoms with E-state index in [0.29, 0.717) is 0 Å². The molecule has 0 bridgehead atoms. The van der Waals surface area contributed by atoms with Gasteiger partial charge in [-0.05, 0) is 41.7 Å². The van der Waals surface area contributed by atoms with Crippen LogP contribution in [0.1, 0.15) is 29.2 Å². The number of methoxy groups -OCH3 is 1. The number of urea groups is 1. The quantitative estimate of drug-likeness (QED) is 0.893. The second-order valence-corrected chi connectivity index (χ2v) is 6.05. The molecule has 0 saturated carbocycles. The summed E-state index contributed by atoms with van der Waals surface area (Å²) in [6.07, 6.45) is 1.87. The van der Waals surface area contributed by atoms with Crippen LogP contribution >= 0.6 is 0 Å². The van der Waals surface area contributed by atoms with E-state index in [1.165, 1.54) is 16.1 Å². The number of aryl methyl sites for hydroxylation is 1. The van der Waals surface area contributed by atoms with Gasteiger partial charge in [0.25, 0.3) is 0 Å². The molecule has 2 aromatic carbocycles. The summed E-state index contributed by atoms with van der Waals surface area (Å²) >= 11 is 0. The number of benzene rings is 2. The molecule has 0 spiro atoms. The van der Waals surface area contributed by atoms with E-state index in [9.17, 15) is 4.79 Å². The maximum absolute atomic E-state index is 12.0. The number of nitrogens with two attached hydrogens (primary N) is 1.